The van der Waals surface area contributed by atoms with Crippen LogP contribution in [0.4, 0.5) is 0 Å². The van der Waals surface area contributed by atoms with Crippen LogP contribution in [-0.2, 0) is 32.0 Å². The average molecular weight is 395 g/mol. The minimum atomic E-state index is -5.25. The van der Waals surface area contributed by atoms with E-state index in [2.05, 4.69) is 18.7 Å². The molecule has 142 valence electrons. The Labute approximate surface area is 136 Å². The minimum absolute atomic E-state index is 0.704. The van der Waals surface area contributed by atoms with Crippen molar-refractivity contribution in [2.45, 2.75) is 37.6 Å². The number of hydrogen-bond donors (Lipinski definition) is 6. The van der Waals surface area contributed by atoms with Gasteiger partial charge in [-0.15, -0.1) is 0 Å². The fourth-order valence-electron chi connectivity index (χ4n) is 1.87. The van der Waals surface area contributed by atoms with E-state index < -0.39 is 58.8 Å². The number of carbonyl (C=O) groups excluding carboxylic acids is 1. The largest absolute Gasteiger partial charge is 0.483 e. The summed E-state index contributed by atoms with van der Waals surface area (Å²) in [4.78, 5) is 29.7. The summed E-state index contributed by atoms with van der Waals surface area (Å²) in [7, 11) is -9.42. The first-order chi connectivity index (χ1) is 10.9. The van der Waals surface area contributed by atoms with Gasteiger partial charge in [0.05, 0.1) is 6.61 Å². The number of phosphoric ester groups is 2. The molecule has 0 radical (unpaired) electrons. The van der Waals surface area contributed by atoms with E-state index in [4.69, 9.17) is 14.7 Å². The smallest absolute Gasteiger partial charge is 0.394 e. The van der Waals surface area contributed by atoms with Gasteiger partial charge >= 0.3 is 15.6 Å². The standard InChI is InChI=1S/C9H19NO12P2/c1-4(12)10-6-8(14)7(13)5(3-11)20-9(6)21-24(17,18)22-23(15,16)19-2/h5-9,11,13-14H,3H2,1-2H3,(H,10,12)(H,15,16)(H,17,18)/t5-,6-,7-,8-,9-/m1/s1. The molecule has 1 aliphatic heterocycles. The van der Waals surface area contributed by atoms with E-state index in [1.54, 1.807) is 0 Å². The van der Waals surface area contributed by atoms with Crippen LogP contribution in [0, 0.1) is 0 Å². The molecule has 2 unspecified atom stereocenters. The van der Waals surface area contributed by atoms with Gasteiger partial charge in [0.15, 0.2) is 6.29 Å². The quantitative estimate of drug-likeness (QED) is 0.255. The first-order valence-corrected chi connectivity index (χ1v) is 9.42. The van der Waals surface area contributed by atoms with Crippen LogP contribution < -0.4 is 5.32 Å². The number of aliphatic hydroxyl groups is 3. The molecule has 0 aromatic carbocycles. The molecule has 24 heavy (non-hydrogen) atoms. The monoisotopic (exact) mass is 395 g/mol. The maximum absolute atomic E-state index is 11.8. The highest BCUT2D eigenvalue weighted by Gasteiger charge is 2.49. The maximum Gasteiger partial charge on any atom is 0.483 e. The Bertz CT molecular complexity index is 543. The topological polar surface area (TPSA) is 201 Å². The molecule has 0 bridgehead atoms. The summed E-state index contributed by atoms with van der Waals surface area (Å²) in [6, 6.07) is -1.54. The van der Waals surface area contributed by atoms with Crippen LogP contribution in [0.15, 0.2) is 0 Å². The third-order valence-electron chi connectivity index (χ3n) is 2.92. The summed E-state index contributed by atoms with van der Waals surface area (Å²) in [5.74, 6) is -0.704. The second-order valence-electron chi connectivity index (χ2n) is 4.74. The lowest BCUT2D eigenvalue weighted by molar-refractivity contribution is -0.247. The molecule has 0 saturated carbocycles. The number of carbonyl (C=O) groups is 1. The van der Waals surface area contributed by atoms with E-state index in [-0.39, 0.29) is 0 Å². The Balaban J connectivity index is 3.00. The Kier molecular flexibility index (Phi) is 7.47. The van der Waals surface area contributed by atoms with E-state index in [0.29, 0.717) is 0 Å². The number of rotatable bonds is 7. The van der Waals surface area contributed by atoms with Crippen molar-refractivity contribution in [1.82, 2.24) is 5.32 Å². The zero-order chi connectivity index (χ0) is 18.7. The average Bonchev–Trinajstić information content (AvgIpc) is 2.45. The molecule has 0 spiro atoms. The molecule has 1 fully saturated rings. The number of phosphoric acid groups is 2. The highest BCUT2D eigenvalue weighted by Crippen LogP contribution is 2.60. The normalized spacial score (nSPS) is 35.7. The Morgan fingerprint density at radius 3 is 2.25 bits per heavy atom. The molecule has 1 rings (SSSR count). The lowest BCUT2D eigenvalue weighted by Crippen LogP contribution is -2.64. The molecule has 0 aromatic heterocycles. The Hall–Kier alpha value is -0.430. The number of amides is 1. The van der Waals surface area contributed by atoms with Gasteiger partial charge in [-0.05, 0) is 0 Å². The number of nitrogens with one attached hydrogen (secondary N) is 1. The van der Waals surface area contributed by atoms with Crippen molar-refractivity contribution in [2.24, 2.45) is 0 Å². The van der Waals surface area contributed by atoms with E-state index in [1.165, 1.54) is 0 Å². The molecule has 6 N–H and O–H groups in total. The van der Waals surface area contributed by atoms with Crippen LogP contribution in [0.5, 0.6) is 0 Å². The van der Waals surface area contributed by atoms with Gasteiger partial charge in [0.2, 0.25) is 5.91 Å². The fraction of sp³-hybridized carbons (Fsp3) is 0.889. The predicted octanol–water partition coefficient (Wildman–Crippen LogP) is -2.19. The lowest BCUT2D eigenvalue weighted by atomic mass is 9.97. The van der Waals surface area contributed by atoms with Gasteiger partial charge < -0.3 is 35.2 Å². The van der Waals surface area contributed by atoms with Gasteiger partial charge in [-0.25, -0.2) is 9.13 Å². The van der Waals surface area contributed by atoms with E-state index in [1.807, 2.05) is 0 Å². The zero-order valence-electron chi connectivity index (χ0n) is 12.6. The van der Waals surface area contributed by atoms with Crippen molar-refractivity contribution in [2.75, 3.05) is 13.7 Å². The van der Waals surface area contributed by atoms with E-state index in [9.17, 15) is 29.0 Å². The summed E-state index contributed by atoms with van der Waals surface area (Å²) in [6.45, 7) is 0.258. The van der Waals surface area contributed by atoms with Gasteiger partial charge in [-0.3, -0.25) is 13.8 Å². The molecule has 1 amide bonds. The number of hydrogen-bond acceptors (Lipinski definition) is 10. The minimum Gasteiger partial charge on any atom is -0.394 e. The Morgan fingerprint density at radius 1 is 1.21 bits per heavy atom. The van der Waals surface area contributed by atoms with Crippen LogP contribution in [0.2, 0.25) is 0 Å². The third-order valence-corrected chi connectivity index (χ3v) is 5.51. The van der Waals surface area contributed by atoms with Gasteiger partial charge in [0.1, 0.15) is 24.4 Å². The predicted molar refractivity (Wildman–Crippen MR) is 74.2 cm³/mol. The summed E-state index contributed by atoms with van der Waals surface area (Å²) in [5, 5.41) is 30.9. The third kappa shape index (κ3) is 5.83. The number of aliphatic hydroxyl groups excluding tert-OH is 3. The second-order valence-corrected chi connectivity index (χ2v) is 7.84. The zero-order valence-corrected chi connectivity index (χ0v) is 14.4. The van der Waals surface area contributed by atoms with E-state index in [0.717, 1.165) is 14.0 Å². The SMILES string of the molecule is COP(=O)(O)OP(=O)(O)O[C@H]1O[C@H](CO)[C@@H](O)[C@H](O)[C@H]1NC(C)=O. The van der Waals surface area contributed by atoms with Gasteiger partial charge in [-0.1, -0.05) is 0 Å². The molecule has 0 aliphatic carbocycles. The van der Waals surface area contributed by atoms with Crippen LogP contribution in [0.25, 0.3) is 0 Å². The molecule has 0 aromatic rings. The summed E-state index contributed by atoms with van der Waals surface area (Å²) in [5.41, 5.74) is 0. The molecule has 1 aliphatic rings. The van der Waals surface area contributed by atoms with Gasteiger partial charge in [0.25, 0.3) is 0 Å². The fourth-order valence-corrected chi connectivity index (χ4v) is 3.78. The summed E-state index contributed by atoms with van der Waals surface area (Å²) >= 11 is 0. The molecule has 13 nitrogen and oxygen atoms in total. The van der Waals surface area contributed by atoms with Crippen LogP contribution in [-0.4, -0.2) is 75.4 Å². The first kappa shape index (κ1) is 21.6. The first-order valence-electron chi connectivity index (χ1n) is 6.43. The Morgan fingerprint density at radius 2 is 1.79 bits per heavy atom. The van der Waals surface area contributed by atoms with Crippen molar-refractivity contribution < 1.29 is 57.1 Å². The lowest BCUT2D eigenvalue weighted by Gasteiger charge is -2.42. The van der Waals surface area contributed by atoms with Crippen LogP contribution in [0.3, 0.4) is 0 Å². The van der Waals surface area contributed by atoms with Gasteiger partial charge in [-0.2, -0.15) is 4.31 Å². The number of ether oxygens (including phenoxy) is 1. The molecule has 15 heteroatoms. The van der Waals surface area contributed by atoms with E-state index >= 15 is 0 Å². The molecule has 7 atom stereocenters. The van der Waals surface area contributed by atoms with Crippen LogP contribution >= 0.6 is 15.6 Å². The molecular weight excluding hydrogens is 376 g/mol. The van der Waals surface area contributed by atoms with Crippen molar-refractivity contribution >= 4 is 21.6 Å². The summed E-state index contributed by atoms with van der Waals surface area (Å²) in [6.07, 6.45) is -6.70. The van der Waals surface area contributed by atoms with Crippen molar-refractivity contribution in [3.8, 4) is 0 Å². The maximum atomic E-state index is 11.8. The highest BCUT2D eigenvalue weighted by atomic mass is 31.3. The molecule has 1 saturated heterocycles. The van der Waals surface area contributed by atoms with Crippen molar-refractivity contribution in [3.05, 3.63) is 0 Å². The molecule has 1 heterocycles. The molecular formula is C9H19NO12P2. The van der Waals surface area contributed by atoms with Crippen molar-refractivity contribution in [3.63, 3.8) is 0 Å². The second kappa shape index (κ2) is 8.30. The van der Waals surface area contributed by atoms with Gasteiger partial charge in [0, 0.05) is 14.0 Å². The van der Waals surface area contributed by atoms with Crippen molar-refractivity contribution in [1.29, 1.82) is 0 Å². The summed E-state index contributed by atoms with van der Waals surface area (Å²) < 4.78 is 40.4. The van der Waals surface area contributed by atoms with Crippen LogP contribution in [0.1, 0.15) is 6.92 Å². The highest BCUT2D eigenvalue weighted by molar-refractivity contribution is 7.61.